The third-order valence-corrected chi connectivity index (χ3v) is 6.60. The fraction of sp³-hybridized carbons (Fsp3) is 0.368. The number of rotatable bonds is 7. The first-order chi connectivity index (χ1) is 13.9. The third kappa shape index (κ3) is 5.48. The van der Waals surface area contributed by atoms with Gasteiger partial charge in [0, 0.05) is 45.0 Å². The van der Waals surface area contributed by atoms with E-state index in [4.69, 9.17) is 0 Å². The fourth-order valence-electron chi connectivity index (χ4n) is 3.09. The van der Waals surface area contributed by atoms with Crippen LogP contribution in [0.25, 0.3) is 0 Å². The van der Waals surface area contributed by atoms with Crippen LogP contribution >= 0.6 is 0 Å². The van der Waals surface area contributed by atoms with Crippen LogP contribution in [0.4, 0.5) is 14.6 Å². The van der Waals surface area contributed by atoms with Gasteiger partial charge in [-0.2, -0.15) is 4.31 Å². The number of hydrogen-bond acceptors (Lipinski definition) is 5. The van der Waals surface area contributed by atoms with E-state index in [1.807, 2.05) is 23.1 Å². The molecule has 7 nitrogen and oxygen atoms in total. The lowest BCUT2D eigenvalue weighted by molar-refractivity contribution is 0.0949. The Kier molecular flexibility index (Phi) is 6.75. The van der Waals surface area contributed by atoms with Crippen LogP contribution in [0, 0.1) is 11.6 Å². The van der Waals surface area contributed by atoms with E-state index in [-0.39, 0.29) is 24.3 Å². The highest BCUT2D eigenvalue weighted by Gasteiger charge is 2.27. The van der Waals surface area contributed by atoms with Crippen molar-refractivity contribution < 1.29 is 22.0 Å². The summed E-state index contributed by atoms with van der Waals surface area (Å²) in [5.41, 5.74) is -0.278. The molecule has 0 unspecified atom stereocenters. The molecule has 1 saturated heterocycles. The molecule has 0 atom stereocenters. The summed E-state index contributed by atoms with van der Waals surface area (Å²) < 4.78 is 52.9. The maximum absolute atomic E-state index is 13.6. The second-order valence-electron chi connectivity index (χ2n) is 6.62. The summed E-state index contributed by atoms with van der Waals surface area (Å²) in [7, 11) is -3.45. The Balaban J connectivity index is 1.44. The average Bonchev–Trinajstić information content (AvgIpc) is 2.72. The molecule has 10 heteroatoms. The lowest BCUT2D eigenvalue weighted by Crippen LogP contribution is -2.49. The summed E-state index contributed by atoms with van der Waals surface area (Å²) in [4.78, 5) is 18.2. The van der Waals surface area contributed by atoms with Gasteiger partial charge >= 0.3 is 0 Å². The van der Waals surface area contributed by atoms with Gasteiger partial charge in [0.1, 0.15) is 17.5 Å². The predicted octanol–water partition coefficient (Wildman–Crippen LogP) is 1.63. The van der Waals surface area contributed by atoms with Crippen LogP contribution < -0.4 is 10.2 Å². The number of nitrogens with one attached hydrogen (secondary N) is 1. The maximum atomic E-state index is 13.6. The van der Waals surface area contributed by atoms with Crippen molar-refractivity contribution >= 4 is 21.7 Å². The van der Waals surface area contributed by atoms with Crippen LogP contribution in [0.5, 0.6) is 0 Å². The Labute approximate surface area is 168 Å². The van der Waals surface area contributed by atoms with Gasteiger partial charge in [0.15, 0.2) is 0 Å². The molecule has 1 amide bonds. The minimum atomic E-state index is -3.45. The number of nitrogens with zero attached hydrogens (tertiary/aromatic N) is 3. The van der Waals surface area contributed by atoms with Gasteiger partial charge in [0.25, 0.3) is 5.91 Å². The van der Waals surface area contributed by atoms with Crippen molar-refractivity contribution in [2.45, 2.75) is 6.42 Å². The maximum Gasteiger partial charge on any atom is 0.254 e. The minimum absolute atomic E-state index is 0.0722. The number of anilines is 1. The molecule has 0 spiro atoms. The van der Waals surface area contributed by atoms with E-state index < -0.39 is 27.6 Å². The molecule has 0 bridgehead atoms. The molecule has 1 aromatic heterocycles. The van der Waals surface area contributed by atoms with E-state index in [9.17, 15) is 22.0 Å². The number of pyridine rings is 1. The van der Waals surface area contributed by atoms with Crippen LogP contribution in [0.2, 0.25) is 0 Å². The van der Waals surface area contributed by atoms with Crippen LogP contribution in [0.15, 0.2) is 42.6 Å². The van der Waals surface area contributed by atoms with Crippen molar-refractivity contribution in [3.63, 3.8) is 0 Å². The van der Waals surface area contributed by atoms with E-state index in [1.165, 1.54) is 4.31 Å². The Morgan fingerprint density at radius 1 is 1.10 bits per heavy atom. The van der Waals surface area contributed by atoms with Crippen molar-refractivity contribution in [2.75, 3.05) is 43.4 Å². The van der Waals surface area contributed by atoms with E-state index in [0.717, 1.165) is 18.0 Å². The van der Waals surface area contributed by atoms with Gasteiger partial charge in [-0.1, -0.05) is 6.07 Å². The first-order valence-corrected chi connectivity index (χ1v) is 10.8. The average molecular weight is 424 g/mol. The minimum Gasteiger partial charge on any atom is -0.354 e. The highest BCUT2D eigenvalue weighted by atomic mass is 32.2. The van der Waals surface area contributed by atoms with E-state index in [1.54, 1.807) is 6.20 Å². The van der Waals surface area contributed by atoms with Crippen molar-refractivity contribution in [1.82, 2.24) is 14.6 Å². The van der Waals surface area contributed by atoms with Gasteiger partial charge in [0.05, 0.1) is 11.3 Å². The smallest absolute Gasteiger partial charge is 0.254 e. The summed E-state index contributed by atoms with van der Waals surface area (Å²) in [6.07, 6.45) is 1.89. The highest BCUT2D eigenvalue weighted by Crippen LogP contribution is 2.15. The van der Waals surface area contributed by atoms with Crippen LogP contribution in [0.3, 0.4) is 0 Å². The molecule has 29 heavy (non-hydrogen) atoms. The van der Waals surface area contributed by atoms with Crippen LogP contribution in [-0.2, 0) is 10.0 Å². The van der Waals surface area contributed by atoms with Gasteiger partial charge in [0.2, 0.25) is 10.0 Å². The summed E-state index contributed by atoms with van der Waals surface area (Å²) in [5.74, 6) is -1.73. The van der Waals surface area contributed by atoms with Gasteiger partial charge in [-0.05, 0) is 30.7 Å². The standard InChI is InChI=1S/C19H22F2N4O3S/c20-15-5-6-16(17(21)14-15)19(26)23-8-3-13-29(27,28)25-11-9-24(10-12-25)18-4-1-2-7-22-18/h1-2,4-7,14H,3,8-13H2,(H,23,26). The van der Waals surface area contributed by atoms with E-state index >= 15 is 0 Å². The van der Waals surface area contributed by atoms with Gasteiger partial charge in [-0.3, -0.25) is 4.79 Å². The summed E-state index contributed by atoms with van der Waals surface area (Å²) in [6, 6.07) is 8.27. The molecule has 1 aliphatic rings. The summed E-state index contributed by atoms with van der Waals surface area (Å²) >= 11 is 0. The topological polar surface area (TPSA) is 82.6 Å². The van der Waals surface area contributed by atoms with E-state index in [0.29, 0.717) is 32.2 Å². The first-order valence-electron chi connectivity index (χ1n) is 9.24. The number of carbonyl (C=O) groups is 1. The van der Waals surface area contributed by atoms with Gasteiger partial charge in [-0.15, -0.1) is 0 Å². The number of halogens is 2. The first kappa shape index (κ1) is 21.1. The lowest BCUT2D eigenvalue weighted by atomic mass is 10.2. The monoisotopic (exact) mass is 424 g/mol. The zero-order valence-corrected chi connectivity index (χ0v) is 16.5. The number of aromatic nitrogens is 1. The highest BCUT2D eigenvalue weighted by molar-refractivity contribution is 7.89. The Bertz CT molecular complexity index is 949. The molecule has 2 heterocycles. The zero-order chi connectivity index (χ0) is 20.9. The third-order valence-electron chi connectivity index (χ3n) is 4.65. The Morgan fingerprint density at radius 2 is 1.86 bits per heavy atom. The van der Waals surface area contributed by atoms with Gasteiger partial charge < -0.3 is 10.2 Å². The molecule has 2 aromatic rings. The zero-order valence-electron chi connectivity index (χ0n) is 15.7. The number of sulfonamides is 1. The lowest BCUT2D eigenvalue weighted by Gasteiger charge is -2.34. The Hall–Kier alpha value is -2.59. The largest absolute Gasteiger partial charge is 0.354 e. The molecule has 156 valence electrons. The molecule has 0 radical (unpaired) electrons. The summed E-state index contributed by atoms with van der Waals surface area (Å²) in [6.45, 7) is 1.91. The quantitative estimate of drug-likeness (QED) is 0.684. The second kappa shape index (κ2) is 9.27. The Morgan fingerprint density at radius 3 is 2.52 bits per heavy atom. The van der Waals surface area contributed by atoms with Crippen LogP contribution in [-0.4, -0.2) is 62.1 Å². The molecular weight excluding hydrogens is 402 g/mol. The van der Waals surface area contributed by atoms with E-state index in [2.05, 4.69) is 10.3 Å². The van der Waals surface area contributed by atoms with Gasteiger partial charge in [-0.25, -0.2) is 22.2 Å². The van der Waals surface area contributed by atoms with Crippen LogP contribution in [0.1, 0.15) is 16.8 Å². The fourth-order valence-corrected chi connectivity index (χ4v) is 4.58. The van der Waals surface area contributed by atoms with Crippen molar-refractivity contribution in [3.05, 3.63) is 59.8 Å². The van der Waals surface area contributed by atoms with Crippen molar-refractivity contribution in [3.8, 4) is 0 Å². The second-order valence-corrected chi connectivity index (χ2v) is 8.71. The molecule has 0 aliphatic carbocycles. The predicted molar refractivity (Wildman–Crippen MR) is 105 cm³/mol. The number of carbonyl (C=O) groups excluding carboxylic acids is 1. The molecule has 1 aromatic carbocycles. The molecule has 3 rings (SSSR count). The molecule has 1 fully saturated rings. The van der Waals surface area contributed by atoms with Crippen molar-refractivity contribution in [1.29, 1.82) is 0 Å². The normalized spacial score (nSPS) is 15.3. The number of piperazine rings is 1. The molecular formula is C19H22F2N4O3S. The summed E-state index contributed by atoms with van der Waals surface area (Å²) in [5, 5.41) is 2.46. The molecule has 1 N–H and O–H groups in total. The number of amides is 1. The van der Waals surface area contributed by atoms with Crippen molar-refractivity contribution in [2.24, 2.45) is 0 Å². The molecule has 1 aliphatic heterocycles. The number of benzene rings is 1. The number of hydrogen-bond donors (Lipinski definition) is 1. The SMILES string of the molecule is O=C(NCCCS(=O)(=O)N1CCN(c2ccccn2)CC1)c1ccc(F)cc1F. The molecule has 0 saturated carbocycles.